The summed E-state index contributed by atoms with van der Waals surface area (Å²) >= 11 is 0. The molecule has 0 saturated heterocycles. The molecular formula is C24H47N. The van der Waals surface area contributed by atoms with Gasteiger partial charge in [0.15, 0.2) is 0 Å². The first-order valence-electron chi connectivity index (χ1n) is 11.4. The Morgan fingerprint density at radius 2 is 0.920 bits per heavy atom. The van der Waals surface area contributed by atoms with E-state index in [1.54, 1.807) is 0 Å². The summed E-state index contributed by atoms with van der Waals surface area (Å²) in [6, 6.07) is 0. The topological polar surface area (TPSA) is 3.24 Å². The highest BCUT2D eigenvalue weighted by atomic mass is 15.1. The number of rotatable bonds is 19. The van der Waals surface area contributed by atoms with Gasteiger partial charge < -0.3 is 0 Å². The van der Waals surface area contributed by atoms with Crippen molar-refractivity contribution in [1.82, 2.24) is 4.90 Å². The second-order valence-corrected chi connectivity index (χ2v) is 7.46. The fourth-order valence-corrected chi connectivity index (χ4v) is 3.08. The Morgan fingerprint density at radius 1 is 0.480 bits per heavy atom. The van der Waals surface area contributed by atoms with Gasteiger partial charge in [-0.2, -0.15) is 0 Å². The summed E-state index contributed by atoms with van der Waals surface area (Å²) in [5.41, 5.74) is 0. The van der Waals surface area contributed by atoms with Crippen molar-refractivity contribution in [2.45, 2.75) is 111 Å². The molecule has 0 aromatic rings. The van der Waals surface area contributed by atoms with Crippen LogP contribution in [0.5, 0.6) is 0 Å². The van der Waals surface area contributed by atoms with Gasteiger partial charge in [-0.05, 0) is 38.6 Å². The van der Waals surface area contributed by atoms with Crippen LogP contribution in [0.15, 0.2) is 24.3 Å². The van der Waals surface area contributed by atoms with Crippen LogP contribution in [-0.2, 0) is 0 Å². The lowest BCUT2D eigenvalue weighted by Crippen LogP contribution is -2.25. The summed E-state index contributed by atoms with van der Waals surface area (Å²) in [4.78, 5) is 2.62. The molecule has 1 nitrogen and oxygen atoms in total. The van der Waals surface area contributed by atoms with Gasteiger partial charge >= 0.3 is 0 Å². The van der Waals surface area contributed by atoms with Crippen molar-refractivity contribution in [2.24, 2.45) is 0 Å². The maximum absolute atomic E-state index is 2.62. The third-order valence-electron chi connectivity index (χ3n) is 4.84. The highest BCUT2D eigenvalue weighted by molar-refractivity contribution is 4.89. The van der Waals surface area contributed by atoms with E-state index in [1.165, 1.54) is 96.4 Å². The predicted octanol–water partition coefficient (Wildman–Crippen LogP) is 7.92. The Kier molecular flexibility index (Phi) is 21.0. The van der Waals surface area contributed by atoms with Gasteiger partial charge in [0.25, 0.3) is 0 Å². The Balaban J connectivity index is 3.99. The smallest absolute Gasteiger partial charge is 0.0166 e. The van der Waals surface area contributed by atoms with Crippen LogP contribution in [0.3, 0.4) is 0 Å². The molecule has 0 amide bonds. The fourth-order valence-electron chi connectivity index (χ4n) is 3.08. The van der Waals surface area contributed by atoms with E-state index >= 15 is 0 Å². The van der Waals surface area contributed by atoms with E-state index in [9.17, 15) is 0 Å². The van der Waals surface area contributed by atoms with E-state index in [0.717, 1.165) is 13.1 Å². The maximum Gasteiger partial charge on any atom is 0.0166 e. The molecule has 0 aliphatic heterocycles. The number of hydrogen-bond donors (Lipinski definition) is 0. The standard InChI is InChI=1S/C24H47N/c1-4-7-10-13-16-19-22-25(23-20-17-14-11-8-5-2)24-21-18-15-12-9-6-3/h16-17,19-20H,4-15,18,21-24H2,1-3H3/b19-16+,20-17+. The predicted molar refractivity (Wildman–Crippen MR) is 116 cm³/mol. The van der Waals surface area contributed by atoms with Crippen LogP contribution in [0.4, 0.5) is 0 Å². The summed E-state index contributed by atoms with van der Waals surface area (Å²) < 4.78 is 0. The van der Waals surface area contributed by atoms with Gasteiger partial charge in [0.2, 0.25) is 0 Å². The highest BCUT2D eigenvalue weighted by Crippen LogP contribution is 2.07. The molecule has 25 heavy (non-hydrogen) atoms. The molecule has 0 atom stereocenters. The zero-order chi connectivity index (χ0) is 18.4. The Bertz CT molecular complexity index is 270. The first-order chi connectivity index (χ1) is 12.3. The average Bonchev–Trinajstić information content (AvgIpc) is 2.63. The van der Waals surface area contributed by atoms with Crippen molar-refractivity contribution in [3.05, 3.63) is 24.3 Å². The summed E-state index contributed by atoms with van der Waals surface area (Å²) in [5.74, 6) is 0. The zero-order valence-electron chi connectivity index (χ0n) is 17.8. The lowest BCUT2D eigenvalue weighted by Gasteiger charge is -2.19. The Morgan fingerprint density at radius 3 is 1.44 bits per heavy atom. The molecule has 0 fully saturated rings. The third-order valence-corrected chi connectivity index (χ3v) is 4.84. The summed E-state index contributed by atoms with van der Waals surface area (Å²) in [5, 5.41) is 0. The molecule has 0 N–H and O–H groups in total. The first-order valence-corrected chi connectivity index (χ1v) is 11.4. The lowest BCUT2D eigenvalue weighted by atomic mass is 10.1. The van der Waals surface area contributed by atoms with Crippen LogP contribution in [0.2, 0.25) is 0 Å². The molecule has 0 heterocycles. The second kappa shape index (κ2) is 21.5. The summed E-state index contributed by atoms with van der Waals surface area (Å²) in [6.45, 7) is 10.4. The molecule has 0 aromatic carbocycles. The third kappa shape index (κ3) is 19.6. The number of nitrogens with zero attached hydrogens (tertiary/aromatic N) is 1. The molecule has 0 aliphatic rings. The molecular weight excluding hydrogens is 302 g/mol. The molecule has 0 saturated carbocycles. The number of hydrogen-bond acceptors (Lipinski definition) is 1. The monoisotopic (exact) mass is 349 g/mol. The number of unbranched alkanes of at least 4 members (excludes halogenated alkanes) is 11. The molecule has 0 radical (unpaired) electrons. The van der Waals surface area contributed by atoms with Crippen LogP contribution in [-0.4, -0.2) is 24.5 Å². The molecule has 0 unspecified atom stereocenters. The highest BCUT2D eigenvalue weighted by Gasteiger charge is 2.00. The van der Waals surface area contributed by atoms with Gasteiger partial charge in [0.05, 0.1) is 0 Å². The maximum atomic E-state index is 2.62. The van der Waals surface area contributed by atoms with Gasteiger partial charge in [-0.25, -0.2) is 0 Å². The molecule has 1 heteroatoms. The minimum atomic E-state index is 1.13. The fraction of sp³-hybridized carbons (Fsp3) is 0.833. The molecule has 148 valence electrons. The van der Waals surface area contributed by atoms with Crippen molar-refractivity contribution < 1.29 is 0 Å². The van der Waals surface area contributed by atoms with Crippen LogP contribution in [0, 0.1) is 0 Å². The summed E-state index contributed by atoms with van der Waals surface area (Å²) in [7, 11) is 0. The van der Waals surface area contributed by atoms with Gasteiger partial charge in [0.1, 0.15) is 0 Å². The van der Waals surface area contributed by atoms with Crippen molar-refractivity contribution in [1.29, 1.82) is 0 Å². The average molecular weight is 350 g/mol. The number of allylic oxidation sites excluding steroid dienone is 2. The van der Waals surface area contributed by atoms with Crippen LogP contribution >= 0.6 is 0 Å². The first kappa shape index (κ1) is 24.4. The lowest BCUT2D eigenvalue weighted by molar-refractivity contribution is 0.323. The van der Waals surface area contributed by atoms with Gasteiger partial charge in [-0.3, -0.25) is 4.90 Å². The molecule has 0 spiro atoms. The zero-order valence-corrected chi connectivity index (χ0v) is 17.8. The van der Waals surface area contributed by atoms with Crippen molar-refractivity contribution in [2.75, 3.05) is 19.6 Å². The van der Waals surface area contributed by atoms with Crippen molar-refractivity contribution in [3.63, 3.8) is 0 Å². The molecule has 0 bridgehead atoms. The Labute approximate surface area is 160 Å². The largest absolute Gasteiger partial charge is 0.296 e. The Hall–Kier alpha value is -0.560. The van der Waals surface area contributed by atoms with Crippen molar-refractivity contribution in [3.8, 4) is 0 Å². The minimum Gasteiger partial charge on any atom is -0.296 e. The molecule has 0 rings (SSSR count). The van der Waals surface area contributed by atoms with Gasteiger partial charge in [-0.15, -0.1) is 0 Å². The van der Waals surface area contributed by atoms with E-state index in [4.69, 9.17) is 0 Å². The van der Waals surface area contributed by atoms with E-state index in [-0.39, 0.29) is 0 Å². The molecule has 0 aliphatic carbocycles. The minimum absolute atomic E-state index is 1.13. The SMILES string of the molecule is CCCCC/C=C/CN(C/C=C/CCCCC)CCCCCCCC. The normalized spacial score (nSPS) is 12.2. The van der Waals surface area contributed by atoms with Crippen LogP contribution in [0.25, 0.3) is 0 Å². The van der Waals surface area contributed by atoms with E-state index < -0.39 is 0 Å². The van der Waals surface area contributed by atoms with Gasteiger partial charge in [-0.1, -0.05) is 103 Å². The van der Waals surface area contributed by atoms with Crippen molar-refractivity contribution >= 4 is 0 Å². The van der Waals surface area contributed by atoms with Crippen LogP contribution in [0.1, 0.15) is 111 Å². The van der Waals surface area contributed by atoms with Gasteiger partial charge in [0, 0.05) is 13.1 Å². The molecule has 0 aromatic heterocycles. The van der Waals surface area contributed by atoms with E-state index in [2.05, 4.69) is 50.0 Å². The second-order valence-electron chi connectivity index (χ2n) is 7.46. The van der Waals surface area contributed by atoms with E-state index in [0.29, 0.717) is 0 Å². The van der Waals surface area contributed by atoms with E-state index in [1.807, 2.05) is 0 Å². The van der Waals surface area contributed by atoms with Crippen LogP contribution < -0.4 is 0 Å². The summed E-state index contributed by atoms with van der Waals surface area (Å²) in [6.07, 6.45) is 28.5. The quantitative estimate of drug-likeness (QED) is 0.169.